The number of carbonyl (C=O) groups is 2. The molecule has 44 heavy (non-hydrogen) atoms. The number of alkyl halides is 1. The fourth-order valence-corrected chi connectivity index (χ4v) is 5.51. The Balaban J connectivity index is 1.51. The second-order valence-corrected chi connectivity index (χ2v) is 10.5. The van der Waals surface area contributed by atoms with E-state index in [9.17, 15) is 18.4 Å². The Morgan fingerprint density at radius 3 is 2.36 bits per heavy atom. The molecular formula is C33H27F3N4O4. The van der Waals surface area contributed by atoms with Crippen LogP contribution in [-0.2, 0) is 0 Å². The van der Waals surface area contributed by atoms with E-state index >= 15 is 4.39 Å². The van der Waals surface area contributed by atoms with Crippen molar-refractivity contribution >= 4 is 28.7 Å². The molecule has 0 saturated heterocycles. The SMILES string of the molecule is CNC(=O)c1c(-c2ccc(F)cc2)oc2ccc(-c3cc(C(=O)N(c4ncccn4)C4CC(F)C4)c(OC)cc3C)c(F)c12. The molecule has 5 aromatic rings. The molecule has 1 saturated carbocycles. The molecule has 2 heterocycles. The summed E-state index contributed by atoms with van der Waals surface area (Å²) in [5, 5.41) is 2.46. The zero-order valence-electron chi connectivity index (χ0n) is 24.0. The molecule has 1 N–H and O–H groups in total. The Kier molecular flexibility index (Phi) is 7.54. The molecular weight excluding hydrogens is 573 g/mol. The van der Waals surface area contributed by atoms with E-state index in [0.717, 1.165) is 0 Å². The molecule has 1 fully saturated rings. The number of benzene rings is 3. The molecule has 0 radical (unpaired) electrons. The molecule has 8 nitrogen and oxygen atoms in total. The lowest BCUT2D eigenvalue weighted by molar-refractivity contribution is 0.0921. The van der Waals surface area contributed by atoms with Gasteiger partial charge in [0, 0.05) is 36.6 Å². The van der Waals surface area contributed by atoms with Crippen LogP contribution < -0.4 is 15.0 Å². The van der Waals surface area contributed by atoms with Crippen LogP contribution in [0.3, 0.4) is 0 Å². The van der Waals surface area contributed by atoms with E-state index in [1.165, 1.54) is 73.9 Å². The first-order valence-electron chi connectivity index (χ1n) is 13.9. The molecule has 2 aromatic heterocycles. The summed E-state index contributed by atoms with van der Waals surface area (Å²) in [7, 11) is 2.83. The molecule has 3 aromatic carbocycles. The number of methoxy groups -OCH3 is 1. The van der Waals surface area contributed by atoms with Crippen LogP contribution in [0.2, 0.25) is 0 Å². The van der Waals surface area contributed by atoms with Gasteiger partial charge in [-0.05, 0) is 85.5 Å². The third kappa shape index (κ3) is 4.93. The van der Waals surface area contributed by atoms with Gasteiger partial charge in [0.25, 0.3) is 11.8 Å². The molecule has 11 heteroatoms. The van der Waals surface area contributed by atoms with Crippen molar-refractivity contribution in [2.45, 2.75) is 32.0 Å². The number of carbonyl (C=O) groups excluding carboxylic acids is 2. The van der Waals surface area contributed by atoms with Crippen molar-refractivity contribution in [1.29, 1.82) is 0 Å². The maximum atomic E-state index is 16.6. The number of rotatable bonds is 7. The van der Waals surface area contributed by atoms with Gasteiger partial charge in [-0.2, -0.15) is 0 Å². The number of hydrogen-bond donors (Lipinski definition) is 1. The first-order chi connectivity index (χ1) is 21.2. The number of fused-ring (bicyclic) bond motifs is 1. The largest absolute Gasteiger partial charge is 0.496 e. The van der Waals surface area contributed by atoms with Crippen molar-refractivity contribution < 1.29 is 31.9 Å². The maximum Gasteiger partial charge on any atom is 0.264 e. The highest BCUT2D eigenvalue weighted by molar-refractivity contribution is 6.12. The van der Waals surface area contributed by atoms with Gasteiger partial charge < -0.3 is 14.5 Å². The van der Waals surface area contributed by atoms with Gasteiger partial charge in [0.05, 0.1) is 23.6 Å². The number of hydrogen-bond acceptors (Lipinski definition) is 6. The number of anilines is 1. The Morgan fingerprint density at radius 2 is 1.73 bits per heavy atom. The second kappa shape index (κ2) is 11.5. The Bertz CT molecular complexity index is 1890. The molecule has 224 valence electrons. The lowest BCUT2D eigenvalue weighted by atomic mass is 9.88. The van der Waals surface area contributed by atoms with Crippen molar-refractivity contribution in [3.8, 4) is 28.2 Å². The minimum Gasteiger partial charge on any atom is -0.496 e. The van der Waals surface area contributed by atoms with Gasteiger partial charge in [0.15, 0.2) is 0 Å². The normalized spacial score (nSPS) is 16.0. The van der Waals surface area contributed by atoms with E-state index in [4.69, 9.17) is 9.15 Å². The van der Waals surface area contributed by atoms with Gasteiger partial charge >= 0.3 is 0 Å². The van der Waals surface area contributed by atoms with E-state index in [-0.39, 0.29) is 58.0 Å². The van der Waals surface area contributed by atoms with E-state index in [1.54, 1.807) is 19.1 Å². The predicted octanol–water partition coefficient (Wildman–Crippen LogP) is 6.66. The molecule has 6 rings (SSSR count). The number of nitrogens with zero attached hydrogens (tertiary/aromatic N) is 3. The summed E-state index contributed by atoms with van der Waals surface area (Å²) in [6, 6.07) is 12.7. The van der Waals surface area contributed by atoms with E-state index in [1.807, 2.05) is 0 Å². The number of nitrogens with one attached hydrogen (secondary N) is 1. The standard InChI is InChI=1S/C33H27F3N4O4/c1-17-13-26(43-3)24(32(42)40(21-14-20(35)15-21)33-38-11-4-12-39-33)16-23(17)22-9-10-25-27(29(22)36)28(31(41)37-2)30(44-25)18-5-7-19(34)8-6-18/h4-13,16,20-21H,14-15H2,1-3H3,(H,37,41). The molecule has 2 amide bonds. The molecule has 1 aliphatic rings. The minimum atomic E-state index is -1.04. The lowest BCUT2D eigenvalue weighted by Gasteiger charge is -2.38. The van der Waals surface area contributed by atoms with E-state index in [2.05, 4.69) is 15.3 Å². The smallest absolute Gasteiger partial charge is 0.264 e. The zero-order chi connectivity index (χ0) is 31.1. The van der Waals surface area contributed by atoms with Gasteiger partial charge in [-0.15, -0.1) is 0 Å². The average Bonchev–Trinajstić information content (AvgIpc) is 3.41. The molecule has 0 atom stereocenters. The number of furan rings is 1. The van der Waals surface area contributed by atoms with Crippen LogP contribution in [0.5, 0.6) is 5.75 Å². The third-order valence-corrected chi connectivity index (χ3v) is 7.83. The summed E-state index contributed by atoms with van der Waals surface area (Å²) in [4.78, 5) is 36.9. The van der Waals surface area contributed by atoms with Crippen LogP contribution in [0.25, 0.3) is 33.4 Å². The summed E-state index contributed by atoms with van der Waals surface area (Å²) in [6.45, 7) is 1.74. The highest BCUT2D eigenvalue weighted by Crippen LogP contribution is 2.41. The van der Waals surface area contributed by atoms with Crippen LogP contribution in [0.15, 0.2) is 71.4 Å². The fourth-order valence-electron chi connectivity index (χ4n) is 5.51. The Hall–Kier alpha value is -5.19. The number of halogens is 3. The van der Waals surface area contributed by atoms with Crippen molar-refractivity contribution in [3.05, 3.63) is 95.3 Å². The van der Waals surface area contributed by atoms with Gasteiger partial charge in [0.2, 0.25) is 5.95 Å². The van der Waals surface area contributed by atoms with Gasteiger partial charge in [-0.1, -0.05) is 0 Å². The molecule has 1 aliphatic carbocycles. The van der Waals surface area contributed by atoms with E-state index in [0.29, 0.717) is 16.7 Å². The summed E-state index contributed by atoms with van der Waals surface area (Å²) in [5.74, 6) is -1.89. The average molecular weight is 601 g/mol. The topological polar surface area (TPSA) is 97.6 Å². The zero-order valence-corrected chi connectivity index (χ0v) is 24.0. The van der Waals surface area contributed by atoms with Crippen LogP contribution in [-0.4, -0.2) is 48.2 Å². The number of aryl methyl sites for hydroxylation is 1. The van der Waals surface area contributed by atoms with Crippen molar-refractivity contribution in [3.63, 3.8) is 0 Å². The van der Waals surface area contributed by atoms with Gasteiger partial charge in [0.1, 0.15) is 34.9 Å². The van der Waals surface area contributed by atoms with Crippen LogP contribution in [0, 0.1) is 18.6 Å². The third-order valence-electron chi connectivity index (χ3n) is 7.83. The van der Waals surface area contributed by atoms with Crippen LogP contribution >= 0.6 is 0 Å². The highest BCUT2D eigenvalue weighted by atomic mass is 19.1. The second-order valence-electron chi connectivity index (χ2n) is 10.5. The van der Waals surface area contributed by atoms with Gasteiger partial charge in [-0.25, -0.2) is 23.1 Å². The number of aromatic nitrogens is 2. The van der Waals surface area contributed by atoms with E-state index < -0.39 is 35.7 Å². The first kappa shape index (κ1) is 28.9. The Morgan fingerprint density at radius 1 is 1.02 bits per heavy atom. The number of amides is 2. The molecule has 0 bridgehead atoms. The Labute approximate surface area is 250 Å². The maximum absolute atomic E-state index is 16.6. The predicted molar refractivity (Wildman–Crippen MR) is 158 cm³/mol. The summed E-state index contributed by atoms with van der Waals surface area (Å²) >= 11 is 0. The van der Waals surface area contributed by atoms with Crippen LogP contribution in [0.1, 0.15) is 39.1 Å². The first-order valence-corrected chi connectivity index (χ1v) is 13.9. The summed E-state index contributed by atoms with van der Waals surface area (Å²) in [6.07, 6.45) is 2.21. The van der Waals surface area contributed by atoms with Gasteiger partial charge in [-0.3, -0.25) is 14.5 Å². The summed E-state index contributed by atoms with van der Waals surface area (Å²) < 4.78 is 55.6. The quantitative estimate of drug-likeness (QED) is 0.225. The minimum absolute atomic E-state index is 0.0471. The number of ether oxygens (including phenoxy) is 1. The monoisotopic (exact) mass is 600 g/mol. The molecule has 0 spiro atoms. The summed E-state index contributed by atoms with van der Waals surface area (Å²) in [5.41, 5.74) is 1.64. The van der Waals surface area contributed by atoms with Crippen molar-refractivity contribution in [1.82, 2.24) is 15.3 Å². The van der Waals surface area contributed by atoms with Crippen molar-refractivity contribution in [2.75, 3.05) is 19.1 Å². The highest BCUT2D eigenvalue weighted by Gasteiger charge is 2.39. The fraction of sp³-hybridized carbons (Fsp3) is 0.212. The van der Waals surface area contributed by atoms with Crippen LogP contribution in [0.4, 0.5) is 19.1 Å². The lowest BCUT2D eigenvalue weighted by Crippen LogP contribution is -2.49. The molecule has 0 unspecified atom stereocenters. The van der Waals surface area contributed by atoms with Crippen molar-refractivity contribution in [2.24, 2.45) is 0 Å². The molecule has 0 aliphatic heterocycles.